The molecule has 1 fully saturated rings. The smallest absolute Gasteiger partial charge is 0.106 e. The number of fused-ring (bicyclic) bond motifs is 2. The van der Waals surface area contributed by atoms with E-state index in [1.807, 2.05) is 0 Å². The summed E-state index contributed by atoms with van der Waals surface area (Å²) in [5.74, 6) is 5.95. The van der Waals surface area contributed by atoms with E-state index in [4.69, 9.17) is 22.2 Å². The first kappa shape index (κ1) is 16.9. The highest BCUT2D eigenvalue weighted by Gasteiger charge is 2.47. The van der Waals surface area contributed by atoms with Crippen LogP contribution in [0, 0.1) is 0 Å². The Bertz CT molecular complexity index is 644. The van der Waals surface area contributed by atoms with Gasteiger partial charge in [-0.1, -0.05) is 18.5 Å². The van der Waals surface area contributed by atoms with Crippen LogP contribution in [0.25, 0.3) is 0 Å². The zero-order chi connectivity index (χ0) is 16.6. The van der Waals surface area contributed by atoms with Gasteiger partial charge in [0.25, 0.3) is 0 Å². The molecular weight excluding hydrogens is 332 g/mol. The van der Waals surface area contributed by atoms with Crippen LogP contribution >= 0.6 is 22.9 Å². The first-order chi connectivity index (χ1) is 11.0. The number of nitrogens with two attached hydrogens (primary N) is 1. The second-order valence-corrected chi connectivity index (χ2v) is 8.19. The molecule has 3 rings (SSSR count). The van der Waals surface area contributed by atoms with Crippen molar-refractivity contribution >= 4 is 34.9 Å². The number of aliphatic imine (C=N–C) groups is 1. The Balaban J connectivity index is 2.00. The summed E-state index contributed by atoms with van der Waals surface area (Å²) in [7, 11) is 1.73. The third-order valence-corrected chi connectivity index (χ3v) is 6.17. The molecule has 1 spiro atoms. The molecule has 0 saturated carbocycles. The Kier molecular flexibility index (Phi) is 4.78. The number of piperidine rings is 1. The second kappa shape index (κ2) is 6.51. The lowest BCUT2D eigenvalue weighted by Gasteiger charge is -2.47. The molecule has 4 atom stereocenters. The third-order valence-electron chi connectivity index (χ3n) is 4.71. The lowest BCUT2D eigenvalue weighted by molar-refractivity contribution is -0.0959. The van der Waals surface area contributed by atoms with Gasteiger partial charge in [-0.3, -0.25) is 4.99 Å². The number of halogens is 1. The highest BCUT2D eigenvalue weighted by Crippen LogP contribution is 2.50. The number of ether oxygens (including phenoxy) is 1. The van der Waals surface area contributed by atoms with Gasteiger partial charge in [0, 0.05) is 36.5 Å². The predicted octanol–water partition coefficient (Wildman–Crippen LogP) is 2.89. The molecule has 1 saturated heterocycles. The molecule has 3 N–H and O–H groups in total. The van der Waals surface area contributed by atoms with E-state index in [1.165, 1.54) is 10.4 Å². The number of hydrazone groups is 1. The number of nitrogens with one attached hydrogen (secondary N) is 1. The minimum absolute atomic E-state index is 0.0228. The maximum Gasteiger partial charge on any atom is 0.106 e. The number of hydrogen-bond donors (Lipinski definition) is 2. The molecule has 0 radical (unpaired) electrons. The highest BCUT2D eigenvalue weighted by atomic mass is 35.5. The van der Waals surface area contributed by atoms with Gasteiger partial charge < -0.3 is 15.9 Å². The van der Waals surface area contributed by atoms with Gasteiger partial charge in [-0.05, 0) is 25.0 Å². The van der Waals surface area contributed by atoms with Crippen LogP contribution in [0.3, 0.4) is 0 Å². The van der Waals surface area contributed by atoms with Crippen molar-refractivity contribution in [2.24, 2.45) is 15.9 Å². The van der Waals surface area contributed by atoms with Crippen molar-refractivity contribution in [2.75, 3.05) is 13.7 Å². The van der Waals surface area contributed by atoms with E-state index < -0.39 is 0 Å². The maximum absolute atomic E-state index is 6.40. The molecule has 0 bridgehead atoms. The van der Waals surface area contributed by atoms with Crippen LogP contribution in [0.4, 0.5) is 0 Å². The quantitative estimate of drug-likeness (QED) is 0.487. The molecule has 3 heterocycles. The van der Waals surface area contributed by atoms with E-state index in [1.54, 1.807) is 24.6 Å². The van der Waals surface area contributed by atoms with Gasteiger partial charge in [-0.15, -0.1) is 11.3 Å². The average Bonchev–Trinajstić information content (AvgIpc) is 2.92. The number of rotatable bonds is 2. The van der Waals surface area contributed by atoms with Crippen LogP contribution in [-0.2, 0) is 10.3 Å². The molecule has 2 aliphatic rings. The van der Waals surface area contributed by atoms with Crippen LogP contribution in [0.1, 0.15) is 43.0 Å². The van der Waals surface area contributed by atoms with E-state index in [2.05, 4.69) is 35.3 Å². The van der Waals surface area contributed by atoms with E-state index >= 15 is 0 Å². The third kappa shape index (κ3) is 3.05. The summed E-state index contributed by atoms with van der Waals surface area (Å²) in [5, 5.41) is 7.48. The Hall–Kier alpha value is -0.950. The monoisotopic (exact) mass is 354 g/mol. The number of nitrogens with zero attached hydrogens (tertiary/aromatic N) is 2. The van der Waals surface area contributed by atoms with Crippen molar-refractivity contribution < 1.29 is 4.74 Å². The molecule has 23 heavy (non-hydrogen) atoms. The summed E-state index contributed by atoms with van der Waals surface area (Å²) >= 11 is 7.96. The van der Waals surface area contributed by atoms with Gasteiger partial charge >= 0.3 is 0 Å². The zero-order valence-electron chi connectivity index (χ0n) is 13.7. The first-order valence-electron chi connectivity index (χ1n) is 7.88. The molecule has 7 heteroatoms. The fourth-order valence-electron chi connectivity index (χ4n) is 3.74. The van der Waals surface area contributed by atoms with Crippen LogP contribution in [0.2, 0.25) is 4.34 Å². The van der Waals surface area contributed by atoms with Gasteiger partial charge in [0.05, 0.1) is 22.7 Å². The largest absolute Gasteiger partial charge is 0.369 e. The molecule has 2 aliphatic heterocycles. The van der Waals surface area contributed by atoms with Crippen molar-refractivity contribution in [1.82, 2.24) is 5.32 Å². The van der Waals surface area contributed by atoms with Crippen LogP contribution in [0.15, 0.2) is 16.2 Å². The van der Waals surface area contributed by atoms with E-state index in [-0.39, 0.29) is 17.7 Å². The summed E-state index contributed by atoms with van der Waals surface area (Å²) in [6.07, 6.45) is 3.42. The topological polar surface area (TPSA) is 72.0 Å². The number of hydrogen-bond acceptors (Lipinski definition) is 6. The van der Waals surface area contributed by atoms with Crippen molar-refractivity contribution in [2.45, 2.75) is 50.3 Å². The van der Waals surface area contributed by atoms with Crippen LogP contribution < -0.4 is 11.2 Å². The molecule has 0 aromatic carbocycles. The van der Waals surface area contributed by atoms with Gasteiger partial charge in [0.1, 0.15) is 5.60 Å². The fourth-order valence-corrected chi connectivity index (χ4v) is 5.26. The molecule has 0 aliphatic carbocycles. The van der Waals surface area contributed by atoms with Crippen molar-refractivity contribution in [1.29, 1.82) is 0 Å². The summed E-state index contributed by atoms with van der Waals surface area (Å²) in [4.78, 5) is 5.33. The van der Waals surface area contributed by atoms with E-state index in [9.17, 15) is 0 Å². The minimum atomic E-state index is -0.313. The Morgan fingerprint density at radius 2 is 2.30 bits per heavy atom. The van der Waals surface area contributed by atoms with Crippen molar-refractivity contribution in [3.8, 4) is 0 Å². The maximum atomic E-state index is 6.40. The SMILES string of the molecule is CN=CC(=NN)[C@@H]1C[C@]2(C[C@H](C)N1)OCC(C)c1cc(Cl)sc12. The molecule has 1 aromatic rings. The van der Waals surface area contributed by atoms with Crippen molar-refractivity contribution in [3.05, 3.63) is 20.8 Å². The number of thiophene rings is 1. The molecule has 0 amide bonds. The Morgan fingerprint density at radius 1 is 1.52 bits per heavy atom. The summed E-state index contributed by atoms with van der Waals surface area (Å²) in [6, 6.07) is 2.41. The summed E-state index contributed by atoms with van der Waals surface area (Å²) < 4.78 is 7.23. The predicted molar refractivity (Wildman–Crippen MR) is 97.0 cm³/mol. The minimum Gasteiger partial charge on any atom is -0.369 e. The van der Waals surface area contributed by atoms with Crippen LogP contribution in [-0.4, -0.2) is 37.7 Å². The molecule has 1 unspecified atom stereocenters. The van der Waals surface area contributed by atoms with Crippen molar-refractivity contribution in [3.63, 3.8) is 0 Å². The van der Waals surface area contributed by atoms with E-state index in [0.717, 1.165) is 29.5 Å². The lowest BCUT2D eigenvalue weighted by atomic mass is 9.77. The first-order valence-corrected chi connectivity index (χ1v) is 9.08. The average molecular weight is 355 g/mol. The lowest BCUT2D eigenvalue weighted by Crippen LogP contribution is -2.56. The normalized spacial score (nSPS) is 35.0. The van der Waals surface area contributed by atoms with Gasteiger partial charge in [-0.2, -0.15) is 5.10 Å². The molecule has 1 aromatic heterocycles. The Labute approximate surface area is 146 Å². The van der Waals surface area contributed by atoms with Gasteiger partial charge in [0.2, 0.25) is 0 Å². The highest BCUT2D eigenvalue weighted by molar-refractivity contribution is 7.16. The molecular formula is C16H23ClN4OS. The Morgan fingerprint density at radius 3 is 3.00 bits per heavy atom. The van der Waals surface area contributed by atoms with Gasteiger partial charge in [-0.25, -0.2) is 0 Å². The molecule has 5 nitrogen and oxygen atoms in total. The standard InChI is InChI=1S/C16H23ClN4OS/c1-9-8-22-16(15-11(9)4-14(17)23-15)5-10(2)20-12(6-16)13(21-18)7-19-3/h4,7,9-10,12,20H,5-6,8,18H2,1-3H3/t9?,10-,12-,16-/m0/s1. The summed E-state index contributed by atoms with van der Waals surface area (Å²) in [6.45, 7) is 5.07. The second-order valence-electron chi connectivity index (χ2n) is 6.51. The fraction of sp³-hybridized carbons (Fsp3) is 0.625. The zero-order valence-corrected chi connectivity index (χ0v) is 15.2. The molecule has 126 valence electrons. The van der Waals surface area contributed by atoms with E-state index in [0.29, 0.717) is 5.92 Å². The van der Waals surface area contributed by atoms with Crippen LogP contribution in [0.5, 0.6) is 0 Å². The summed E-state index contributed by atoms with van der Waals surface area (Å²) in [5.41, 5.74) is 1.77. The van der Waals surface area contributed by atoms with Gasteiger partial charge in [0.15, 0.2) is 0 Å².